The Morgan fingerprint density at radius 2 is 1.47 bits per heavy atom. The molecule has 0 amide bonds. The fourth-order valence-corrected chi connectivity index (χ4v) is 2.37. The second kappa shape index (κ2) is 10.9. The Labute approximate surface area is 173 Å². The number of halogens is 3. The van der Waals surface area contributed by atoms with Crippen molar-refractivity contribution in [2.24, 2.45) is 0 Å². The number of ether oxygens (including phenoxy) is 4. The van der Waals surface area contributed by atoms with Crippen LogP contribution in [0.4, 0.5) is 13.2 Å². The minimum absolute atomic E-state index is 0.269. The van der Waals surface area contributed by atoms with Crippen LogP contribution in [0, 0.1) is 0 Å². The standard InChI is InChI=1S/C22H25F3O5/c1-4-5-14-27-16(3)29-21(26)15(2)28-18-10-12-20(13-11-18)30-19-8-6-17(7-9-19)22(23,24)25/h6-13,15-16H,4-5,14H2,1-3H3. The maximum absolute atomic E-state index is 12.6. The highest BCUT2D eigenvalue weighted by Gasteiger charge is 2.30. The molecule has 0 aliphatic rings. The molecule has 0 aliphatic heterocycles. The summed E-state index contributed by atoms with van der Waals surface area (Å²) in [5, 5.41) is 0. The summed E-state index contributed by atoms with van der Waals surface area (Å²) in [4.78, 5) is 12.1. The predicted molar refractivity (Wildman–Crippen MR) is 104 cm³/mol. The maximum Gasteiger partial charge on any atom is 0.416 e. The average molecular weight is 426 g/mol. The van der Waals surface area contributed by atoms with Gasteiger partial charge >= 0.3 is 12.1 Å². The molecule has 0 radical (unpaired) electrons. The number of benzene rings is 2. The fraction of sp³-hybridized carbons (Fsp3) is 0.409. The number of unbranched alkanes of at least 4 members (excludes halogenated alkanes) is 1. The molecule has 0 fully saturated rings. The molecule has 0 heterocycles. The van der Waals surface area contributed by atoms with Gasteiger partial charge in [0.25, 0.3) is 0 Å². The van der Waals surface area contributed by atoms with Crippen LogP contribution in [0.1, 0.15) is 39.2 Å². The molecular weight excluding hydrogens is 401 g/mol. The molecule has 2 unspecified atom stereocenters. The molecule has 164 valence electrons. The van der Waals surface area contributed by atoms with E-state index in [1.54, 1.807) is 38.1 Å². The Kier molecular flexibility index (Phi) is 8.53. The molecule has 2 atom stereocenters. The number of rotatable bonds is 10. The Bertz CT molecular complexity index is 788. The van der Waals surface area contributed by atoms with E-state index in [0.29, 0.717) is 18.1 Å². The van der Waals surface area contributed by atoms with Gasteiger partial charge in [0.05, 0.1) is 12.2 Å². The highest BCUT2D eigenvalue weighted by molar-refractivity contribution is 5.74. The third-order valence-electron chi connectivity index (χ3n) is 4.02. The van der Waals surface area contributed by atoms with Crippen molar-refractivity contribution in [3.63, 3.8) is 0 Å². The van der Waals surface area contributed by atoms with Gasteiger partial charge in [0.1, 0.15) is 17.2 Å². The zero-order valence-electron chi connectivity index (χ0n) is 17.1. The van der Waals surface area contributed by atoms with Gasteiger partial charge in [-0.25, -0.2) is 4.79 Å². The summed E-state index contributed by atoms with van der Waals surface area (Å²) in [5.41, 5.74) is -0.746. The molecule has 0 aromatic heterocycles. The molecule has 0 saturated heterocycles. The summed E-state index contributed by atoms with van der Waals surface area (Å²) in [6.45, 7) is 5.76. The smallest absolute Gasteiger partial charge is 0.416 e. The highest BCUT2D eigenvalue weighted by atomic mass is 19.4. The van der Waals surface area contributed by atoms with E-state index < -0.39 is 30.1 Å². The molecule has 0 N–H and O–H groups in total. The maximum atomic E-state index is 12.6. The summed E-state index contributed by atoms with van der Waals surface area (Å²) in [6, 6.07) is 10.7. The quantitative estimate of drug-likeness (QED) is 0.266. The number of carbonyl (C=O) groups excluding carboxylic acids is 1. The van der Waals surface area contributed by atoms with E-state index in [9.17, 15) is 18.0 Å². The Morgan fingerprint density at radius 3 is 2.00 bits per heavy atom. The first kappa shape index (κ1) is 23.5. The van der Waals surface area contributed by atoms with Crippen LogP contribution >= 0.6 is 0 Å². The lowest BCUT2D eigenvalue weighted by atomic mass is 10.2. The minimum atomic E-state index is -4.39. The normalized spacial score (nSPS) is 13.4. The van der Waals surface area contributed by atoms with Crippen molar-refractivity contribution in [1.82, 2.24) is 0 Å². The number of hydrogen-bond acceptors (Lipinski definition) is 5. The second-order valence-corrected chi connectivity index (χ2v) is 6.58. The van der Waals surface area contributed by atoms with Crippen molar-refractivity contribution >= 4 is 5.97 Å². The first-order chi connectivity index (χ1) is 14.2. The van der Waals surface area contributed by atoms with E-state index in [-0.39, 0.29) is 5.75 Å². The molecule has 8 heteroatoms. The van der Waals surface area contributed by atoms with E-state index in [2.05, 4.69) is 0 Å². The Hall–Kier alpha value is -2.74. The van der Waals surface area contributed by atoms with Crippen LogP contribution < -0.4 is 9.47 Å². The third kappa shape index (κ3) is 7.59. The van der Waals surface area contributed by atoms with Gasteiger partial charge in [-0.2, -0.15) is 13.2 Å². The lowest BCUT2D eigenvalue weighted by Gasteiger charge is -2.18. The van der Waals surface area contributed by atoms with Crippen molar-refractivity contribution in [2.75, 3.05) is 6.61 Å². The molecule has 0 aliphatic carbocycles. The van der Waals surface area contributed by atoms with Gasteiger partial charge in [0, 0.05) is 0 Å². The van der Waals surface area contributed by atoms with Crippen molar-refractivity contribution in [1.29, 1.82) is 0 Å². The molecule has 0 saturated carbocycles. The summed E-state index contributed by atoms with van der Waals surface area (Å²) in [7, 11) is 0. The van der Waals surface area contributed by atoms with Crippen LogP contribution in [0.25, 0.3) is 0 Å². The zero-order chi connectivity index (χ0) is 22.1. The number of alkyl halides is 3. The van der Waals surface area contributed by atoms with Gasteiger partial charge in [0.15, 0.2) is 12.4 Å². The fourth-order valence-electron chi connectivity index (χ4n) is 2.37. The van der Waals surface area contributed by atoms with Gasteiger partial charge in [-0.05, 0) is 68.8 Å². The van der Waals surface area contributed by atoms with Crippen molar-refractivity contribution in [3.05, 3.63) is 54.1 Å². The molecule has 2 aromatic rings. The monoisotopic (exact) mass is 426 g/mol. The largest absolute Gasteiger partial charge is 0.479 e. The van der Waals surface area contributed by atoms with Gasteiger partial charge in [-0.1, -0.05) is 13.3 Å². The molecule has 2 rings (SSSR count). The zero-order valence-corrected chi connectivity index (χ0v) is 17.1. The van der Waals surface area contributed by atoms with Crippen molar-refractivity contribution < 1.29 is 36.9 Å². The first-order valence-corrected chi connectivity index (χ1v) is 9.63. The lowest BCUT2D eigenvalue weighted by molar-refractivity contribution is -0.181. The van der Waals surface area contributed by atoms with Crippen molar-refractivity contribution in [2.45, 2.75) is 52.2 Å². The van der Waals surface area contributed by atoms with Gasteiger partial charge in [-0.15, -0.1) is 0 Å². The number of hydrogen-bond donors (Lipinski definition) is 0. The molecule has 5 nitrogen and oxygen atoms in total. The van der Waals surface area contributed by atoms with Crippen LogP contribution in [0.5, 0.6) is 17.2 Å². The van der Waals surface area contributed by atoms with E-state index >= 15 is 0 Å². The van der Waals surface area contributed by atoms with Gasteiger partial charge in [0.2, 0.25) is 0 Å². The summed E-state index contributed by atoms with van der Waals surface area (Å²) < 4.78 is 59.4. The molecule has 0 bridgehead atoms. The minimum Gasteiger partial charge on any atom is -0.479 e. The molecule has 2 aromatic carbocycles. The number of carbonyl (C=O) groups is 1. The Balaban J connectivity index is 1.85. The van der Waals surface area contributed by atoms with Crippen LogP contribution in [-0.4, -0.2) is 25.0 Å². The molecule has 0 spiro atoms. The predicted octanol–water partition coefficient (Wildman–Crippen LogP) is 5.97. The first-order valence-electron chi connectivity index (χ1n) is 9.63. The van der Waals surface area contributed by atoms with Crippen LogP contribution in [0.15, 0.2) is 48.5 Å². The van der Waals surface area contributed by atoms with E-state index in [0.717, 1.165) is 25.0 Å². The molecular formula is C22H25F3O5. The highest BCUT2D eigenvalue weighted by Crippen LogP contribution is 2.31. The van der Waals surface area contributed by atoms with E-state index in [1.807, 2.05) is 6.92 Å². The van der Waals surface area contributed by atoms with Crippen LogP contribution in [0.3, 0.4) is 0 Å². The van der Waals surface area contributed by atoms with Gasteiger partial charge in [-0.3, -0.25) is 0 Å². The van der Waals surface area contributed by atoms with Crippen LogP contribution in [-0.2, 0) is 20.4 Å². The average Bonchev–Trinajstić information content (AvgIpc) is 2.69. The topological polar surface area (TPSA) is 54.0 Å². The lowest BCUT2D eigenvalue weighted by Crippen LogP contribution is -2.30. The molecule has 30 heavy (non-hydrogen) atoms. The van der Waals surface area contributed by atoms with Crippen molar-refractivity contribution in [3.8, 4) is 17.2 Å². The van der Waals surface area contributed by atoms with E-state index in [1.165, 1.54) is 12.1 Å². The van der Waals surface area contributed by atoms with E-state index in [4.69, 9.17) is 18.9 Å². The summed E-state index contributed by atoms with van der Waals surface area (Å²) in [5.74, 6) is 0.545. The van der Waals surface area contributed by atoms with Gasteiger partial charge < -0.3 is 18.9 Å². The summed E-state index contributed by atoms with van der Waals surface area (Å²) in [6.07, 6.45) is -4.03. The summed E-state index contributed by atoms with van der Waals surface area (Å²) >= 11 is 0. The Morgan fingerprint density at radius 1 is 0.933 bits per heavy atom. The number of esters is 1. The second-order valence-electron chi connectivity index (χ2n) is 6.58. The van der Waals surface area contributed by atoms with Crippen LogP contribution in [0.2, 0.25) is 0 Å². The third-order valence-corrected chi connectivity index (χ3v) is 4.02. The SMILES string of the molecule is CCCCOC(C)OC(=O)C(C)Oc1ccc(Oc2ccc(C(F)(F)F)cc2)cc1.